The van der Waals surface area contributed by atoms with E-state index in [1.165, 1.54) is 12.1 Å². The minimum Gasteiger partial charge on any atom is -0.346 e. The molecular weight excluding hydrogens is 452 g/mol. The first-order valence-electron chi connectivity index (χ1n) is 9.36. The molecule has 3 aromatic carbocycles. The molecule has 7 heteroatoms. The van der Waals surface area contributed by atoms with Crippen molar-refractivity contribution in [3.63, 3.8) is 0 Å². The van der Waals surface area contributed by atoms with Crippen molar-refractivity contribution in [3.8, 4) is 0 Å². The summed E-state index contributed by atoms with van der Waals surface area (Å²) in [5, 5.41) is 2.98. The van der Waals surface area contributed by atoms with E-state index in [1.54, 1.807) is 29.1 Å². The Balaban J connectivity index is 1.52. The van der Waals surface area contributed by atoms with Crippen molar-refractivity contribution in [3.05, 3.63) is 99.8 Å². The van der Waals surface area contributed by atoms with Crippen LogP contribution in [-0.4, -0.2) is 15.5 Å². The van der Waals surface area contributed by atoms with Crippen molar-refractivity contribution in [2.45, 2.75) is 19.5 Å². The van der Waals surface area contributed by atoms with Gasteiger partial charge in [-0.15, -0.1) is 0 Å². The first-order chi connectivity index (χ1) is 14.4. The van der Waals surface area contributed by atoms with Crippen molar-refractivity contribution < 1.29 is 13.6 Å². The van der Waals surface area contributed by atoms with Gasteiger partial charge in [-0.05, 0) is 48.9 Å². The molecule has 1 atom stereocenters. The Labute approximate surface area is 180 Å². The minimum atomic E-state index is -0.611. The summed E-state index contributed by atoms with van der Waals surface area (Å²) in [6.45, 7) is 2.14. The van der Waals surface area contributed by atoms with Gasteiger partial charge in [0.05, 0.1) is 29.9 Å². The Bertz CT molecular complexity index is 1220. The number of hydrogen-bond acceptors (Lipinski definition) is 2. The van der Waals surface area contributed by atoms with Crippen LogP contribution in [0.25, 0.3) is 11.0 Å². The van der Waals surface area contributed by atoms with Gasteiger partial charge >= 0.3 is 0 Å². The fourth-order valence-electron chi connectivity index (χ4n) is 3.28. The molecule has 0 radical (unpaired) electrons. The number of fused-ring (bicyclic) bond motifs is 1. The maximum atomic E-state index is 14.0. The number of imidazole rings is 1. The lowest BCUT2D eigenvalue weighted by Gasteiger charge is -2.14. The highest BCUT2D eigenvalue weighted by molar-refractivity contribution is 9.10. The van der Waals surface area contributed by atoms with Crippen molar-refractivity contribution in [1.29, 1.82) is 0 Å². The summed E-state index contributed by atoms with van der Waals surface area (Å²) in [6, 6.07) is 16.3. The number of aromatic nitrogens is 2. The predicted octanol–water partition coefficient (Wildman–Crippen LogP) is 5.62. The molecule has 152 valence electrons. The van der Waals surface area contributed by atoms with Crippen LogP contribution in [0.3, 0.4) is 0 Å². The van der Waals surface area contributed by atoms with Gasteiger partial charge in [0.2, 0.25) is 0 Å². The van der Waals surface area contributed by atoms with Crippen LogP contribution >= 0.6 is 15.9 Å². The molecule has 1 amide bonds. The van der Waals surface area contributed by atoms with Gasteiger partial charge in [0, 0.05) is 21.7 Å². The van der Waals surface area contributed by atoms with Gasteiger partial charge in [-0.2, -0.15) is 0 Å². The van der Waals surface area contributed by atoms with Gasteiger partial charge in [0.15, 0.2) is 0 Å². The number of nitrogens with one attached hydrogen (secondary N) is 1. The molecule has 0 aliphatic heterocycles. The van der Waals surface area contributed by atoms with E-state index in [2.05, 4.69) is 26.2 Å². The highest BCUT2D eigenvalue weighted by Gasteiger charge is 2.14. The van der Waals surface area contributed by atoms with Crippen molar-refractivity contribution in [1.82, 2.24) is 14.9 Å². The predicted molar refractivity (Wildman–Crippen MR) is 115 cm³/mol. The molecule has 4 rings (SSSR count). The molecule has 1 aromatic heterocycles. The molecular formula is C23H18BrF2N3O. The molecule has 0 bridgehead atoms. The average molecular weight is 470 g/mol. The lowest BCUT2D eigenvalue weighted by Crippen LogP contribution is -2.26. The second-order valence-electron chi connectivity index (χ2n) is 7.06. The number of nitrogens with zero attached hydrogens (tertiary/aromatic N) is 2. The van der Waals surface area contributed by atoms with Crippen LogP contribution < -0.4 is 5.32 Å². The molecule has 0 saturated heterocycles. The molecule has 4 aromatic rings. The Morgan fingerprint density at radius 3 is 2.60 bits per heavy atom. The van der Waals surface area contributed by atoms with Gasteiger partial charge in [0.1, 0.15) is 11.6 Å². The first-order valence-corrected chi connectivity index (χ1v) is 10.1. The molecule has 30 heavy (non-hydrogen) atoms. The summed E-state index contributed by atoms with van der Waals surface area (Å²) in [5.74, 6) is -1.42. The number of rotatable bonds is 5. The monoisotopic (exact) mass is 469 g/mol. The first kappa shape index (κ1) is 20.2. The highest BCUT2D eigenvalue weighted by atomic mass is 79.9. The third-order valence-corrected chi connectivity index (χ3v) is 5.49. The molecule has 4 nitrogen and oxygen atoms in total. The molecule has 0 unspecified atom stereocenters. The Morgan fingerprint density at radius 2 is 1.87 bits per heavy atom. The second kappa shape index (κ2) is 8.36. The fourth-order valence-corrected chi connectivity index (χ4v) is 3.54. The molecule has 0 spiro atoms. The van der Waals surface area contributed by atoms with Gasteiger partial charge in [-0.25, -0.2) is 13.8 Å². The van der Waals surface area contributed by atoms with E-state index in [-0.39, 0.29) is 18.5 Å². The number of hydrogen-bond donors (Lipinski definition) is 1. The van der Waals surface area contributed by atoms with E-state index in [4.69, 9.17) is 0 Å². The van der Waals surface area contributed by atoms with Crippen LogP contribution in [0.2, 0.25) is 0 Å². The summed E-state index contributed by atoms with van der Waals surface area (Å²) >= 11 is 3.40. The summed E-state index contributed by atoms with van der Waals surface area (Å²) in [4.78, 5) is 17.0. The normalized spacial score (nSPS) is 12.1. The van der Waals surface area contributed by atoms with Gasteiger partial charge in [0.25, 0.3) is 5.91 Å². The number of carbonyl (C=O) groups excluding carboxylic acids is 1. The SMILES string of the molecule is C[C@@H](NC(=O)c1ccc2c(c1)ncn2Cc1ccc(F)cc1F)c1ccc(Br)cc1. The van der Waals surface area contributed by atoms with Crippen LogP contribution in [0.15, 0.2) is 71.5 Å². The number of halogens is 3. The van der Waals surface area contributed by atoms with Crippen LogP contribution in [0.1, 0.15) is 34.5 Å². The molecule has 0 aliphatic carbocycles. The molecule has 0 fully saturated rings. The van der Waals surface area contributed by atoms with Crippen LogP contribution in [0.5, 0.6) is 0 Å². The third-order valence-electron chi connectivity index (χ3n) is 4.96. The number of amides is 1. The number of benzene rings is 3. The summed E-state index contributed by atoms with van der Waals surface area (Å²) in [6.07, 6.45) is 1.58. The van der Waals surface area contributed by atoms with Crippen molar-refractivity contribution in [2.24, 2.45) is 0 Å². The standard InChI is InChI=1S/C23H18BrF2N3O/c1-14(15-2-6-18(24)7-3-15)28-23(30)16-5-9-22-21(10-16)27-13-29(22)12-17-4-8-19(25)11-20(17)26/h2-11,13-14H,12H2,1H3,(H,28,30)/t14-/m1/s1. The summed E-state index contributed by atoms with van der Waals surface area (Å²) in [5.41, 5.74) is 3.24. The van der Waals surface area contributed by atoms with Gasteiger partial charge in [-0.3, -0.25) is 4.79 Å². The van der Waals surface area contributed by atoms with E-state index in [0.717, 1.165) is 21.6 Å². The van der Waals surface area contributed by atoms with E-state index in [1.807, 2.05) is 31.2 Å². The highest BCUT2D eigenvalue weighted by Crippen LogP contribution is 2.20. The zero-order valence-corrected chi connectivity index (χ0v) is 17.7. The smallest absolute Gasteiger partial charge is 0.251 e. The van der Waals surface area contributed by atoms with Crippen molar-refractivity contribution in [2.75, 3.05) is 0 Å². The van der Waals surface area contributed by atoms with Gasteiger partial charge < -0.3 is 9.88 Å². The molecule has 1 heterocycles. The summed E-state index contributed by atoms with van der Waals surface area (Å²) < 4.78 is 29.8. The maximum absolute atomic E-state index is 14.0. The minimum absolute atomic E-state index is 0.152. The lowest BCUT2D eigenvalue weighted by molar-refractivity contribution is 0.0940. The van der Waals surface area contributed by atoms with Crippen LogP contribution in [0, 0.1) is 11.6 Å². The maximum Gasteiger partial charge on any atom is 0.251 e. The average Bonchev–Trinajstić information content (AvgIpc) is 3.12. The Hall–Kier alpha value is -3.06. The summed E-state index contributed by atoms with van der Waals surface area (Å²) in [7, 11) is 0. The van der Waals surface area contributed by atoms with Crippen LogP contribution in [0.4, 0.5) is 8.78 Å². The quantitative estimate of drug-likeness (QED) is 0.412. The Kier molecular flexibility index (Phi) is 5.63. The zero-order chi connectivity index (χ0) is 21.3. The molecule has 0 saturated carbocycles. The zero-order valence-electron chi connectivity index (χ0n) is 16.1. The van der Waals surface area contributed by atoms with E-state index < -0.39 is 11.6 Å². The third kappa shape index (κ3) is 4.26. The van der Waals surface area contributed by atoms with Crippen molar-refractivity contribution >= 4 is 32.9 Å². The second-order valence-corrected chi connectivity index (χ2v) is 7.97. The largest absolute Gasteiger partial charge is 0.346 e. The number of carbonyl (C=O) groups is 1. The van der Waals surface area contributed by atoms with E-state index >= 15 is 0 Å². The van der Waals surface area contributed by atoms with Gasteiger partial charge in [-0.1, -0.05) is 34.1 Å². The van der Waals surface area contributed by atoms with E-state index in [0.29, 0.717) is 16.6 Å². The van der Waals surface area contributed by atoms with Crippen LogP contribution in [-0.2, 0) is 6.54 Å². The Morgan fingerprint density at radius 1 is 1.10 bits per heavy atom. The molecule has 1 N–H and O–H groups in total. The van der Waals surface area contributed by atoms with E-state index in [9.17, 15) is 13.6 Å². The lowest BCUT2D eigenvalue weighted by atomic mass is 10.1. The molecule has 0 aliphatic rings. The fraction of sp³-hybridized carbons (Fsp3) is 0.130. The topological polar surface area (TPSA) is 46.9 Å².